The predicted octanol–water partition coefficient (Wildman–Crippen LogP) is 3.19. The summed E-state index contributed by atoms with van der Waals surface area (Å²) in [6.07, 6.45) is 2.66. The lowest BCUT2D eigenvalue weighted by atomic mass is 10.2. The maximum absolute atomic E-state index is 11.6. The van der Waals surface area contributed by atoms with Crippen molar-refractivity contribution in [2.24, 2.45) is 0 Å². The molecule has 1 atom stereocenters. The number of aliphatic hydroxyl groups is 1. The largest absolute Gasteiger partial charge is 0.392 e. The lowest BCUT2D eigenvalue weighted by molar-refractivity contribution is -0.122. The predicted molar refractivity (Wildman–Crippen MR) is 83.9 cm³/mol. The Kier molecular flexibility index (Phi) is 9.21. The van der Waals surface area contributed by atoms with Crippen molar-refractivity contribution >= 4 is 14.3 Å². The molecule has 0 amide bonds. The topological polar surface area (TPSA) is 55.8 Å². The van der Waals surface area contributed by atoms with Gasteiger partial charge in [0.25, 0.3) is 0 Å². The van der Waals surface area contributed by atoms with Gasteiger partial charge in [0.05, 0.1) is 0 Å². The van der Waals surface area contributed by atoms with E-state index in [-0.39, 0.29) is 18.0 Å². The van der Waals surface area contributed by atoms with Crippen molar-refractivity contribution in [3.05, 3.63) is 12.2 Å². The summed E-state index contributed by atoms with van der Waals surface area (Å²) in [5.41, 5.74) is 0. The Balaban J connectivity index is 4.75. The van der Waals surface area contributed by atoms with E-state index in [9.17, 15) is 9.90 Å². The Morgan fingerprint density at radius 2 is 1.70 bits per heavy atom. The molecule has 4 nitrogen and oxygen atoms in total. The van der Waals surface area contributed by atoms with Crippen molar-refractivity contribution in [1.29, 1.82) is 0 Å². The van der Waals surface area contributed by atoms with Gasteiger partial charge in [-0.1, -0.05) is 13.0 Å². The van der Waals surface area contributed by atoms with Gasteiger partial charge in [0.15, 0.2) is 5.78 Å². The van der Waals surface area contributed by atoms with Gasteiger partial charge in [-0.15, -0.1) is 0 Å². The third-order valence-corrected chi connectivity index (χ3v) is 6.83. The van der Waals surface area contributed by atoms with E-state index in [1.165, 1.54) is 6.08 Å². The third kappa shape index (κ3) is 7.33. The number of ketones is 1. The molecule has 0 heterocycles. The molecule has 5 heteroatoms. The van der Waals surface area contributed by atoms with E-state index in [1.54, 1.807) is 13.0 Å². The lowest BCUT2D eigenvalue weighted by Crippen LogP contribution is -2.46. The molecule has 0 aromatic carbocycles. The minimum Gasteiger partial charge on any atom is -0.392 e. The minimum absolute atomic E-state index is 0.0868. The van der Waals surface area contributed by atoms with Crippen LogP contribution in [0.5, 0.6) is 0 Å². The van der Waals surface area contributed by atoms with Crippen LogP contribution in [0.25, 0.3) is 0 Å². The first-order chi connectivity index (χ1) is 9.26. The number of allylic oxidation sites excluding steroid dienone is 1. The van der Waals surface area contributed by atoms with Gasteiger partial charge in [0.1, 0.15) is 6.10 Å². The zero-order valence-corrected chi connectivity index (χ0v) is 14.7. The Labute approximate surface area is 124 Å². The quantitative estimate of drug-likeness (QED) is 0.497. The highest BCUT2D eigenvalue weighted by atomic mass is 28.4. The van der Waals surface area contributed by atoms with E-state index in [1.807, 2.05) is 27.7 Å². The number of rotatable bonds is 10. The Morgan fingerprint density at radius 3 is 2.05 bits per heavy atom. The Morgan fingerprint density at radius 1 is 1.20 bits per heavy atom. The second-order valence-corrected chi connectivity index (χ2v) is 9.05. The van der Waals surface area contributed by atoms with Crippen LogP contribution in [-0.2, 0) is 13.6 Å². The van der Waals surface area contributed by atoms with Crippen LogP contribution in [0.2, 0.25) is 12.1 Å². The summed E-state index contributed by atoms with van der Waals surface area (Å²) in [7, 11) is -2.36. The highest BCUT2D eigenvalue weighted by Gasteiger charge is 2.38. The molecule has 0 aliphatic rings. The van der Waals surface area contributed by atoms with Crippen molar-refractivity contribution in [1.82, 2.24) is 0 Å². The van der Waals surface area contributed by atoms with Crippen LogP contribution in [0.4, 0.5) is 0 Å². The number of carbonyl (C=O) groups is 1. The molecule has 1 N–H and O–H groups in total. The maximum Gasteiger partial charge on any atom is 0.338 e. The minimum atomic E-state index is -2.36. The molecule has 0 aromatic heterocycles. The van der Waals surface area contributed by atoms with Gasteiger partial charge in [0, 0.05) is 12.2 Å². The zero-order valence-electron chi connectivity index (χ0n) is 13.7. The van der Waals surface area contributed by atoms with Crippen molar-refractivity contribution in [2.45, 2.75) is 78.4 Å². The summed E-state index contributed by atoms with van der Waals surface area (Å²) < 4.78 is 12.1. The lowest BCUT2D eigenvalue weighted by Gasteiger charge is -2.34. The first-order valence-corrected chi connectivity index (χ1v) is 9.69. The van der Waals surface area contributed by atoms with Crippen molar-refractivity contribution in [3.8, 4) is 0 Å². The van der Waals surface area contributed by atoms with Crippen LogP contribution in [-0.4, -0.2) is 37.8 Å². The van der Waals surface area contributed by atoms with Crippen LogP contribution in [0.1, 0.15) is 48.0 Å². The van der Waals surface area contributed by atoms with Crippen molar-refractivity contribution in [3.63, 3.8) is 0 Å². The smallest absolute Gasteiger partial charge is 0.338 e. The molecule has 118 valence electrons. The molecule has 0 aromatic rings. The van der Waals surface area contributed by atoms with Gasteiger partial charge in [-0.05, 0) is 59.2 Å². The average molecular weight is 302 g/mol. The molecule has 0 fully saturated rings. The number of hydrogen-bond acceptors (Lipinski definition) is 4. The third-order valence-electron chi connectivity index (χ3n) is 2.90. The van der Waals surface area contributed by atoms with Crippen molar-refractivity contribution < 1.29 is 18.8 Å². The first-order valence-electron chi connectivity index (χ1n) is 7.46. The molecule has 0 radical (unpaired) electrons. The fraction of sp³-hybridized carbons (Fsp3) is 0.800. The van der Waals surface area contributed by atoms with Gasteiger partial charge in [0.2, 0.25) is 0 Å². The maximum atomic E-state index is 11.6. The summed E-state index contributed by atoms with van der Waals surface area (Å²) in [5, 5.41) is 9.89. The monoisotopic (exact) mass is 302 g/mol. The van der Waals surface area contributed by atoms with E-state index in [4.69, 9.17) is 8.85 Å². The SMILES string of the molecule is CC=CC(=O)C(O)CC[Si](CC)(OC(C)C)OC(C)C. The molecular formula is C15H30O4Si. The second kappa shape index (κ2) is 9.44. The van der Waals surface area contributed by atoms with Crippen LogP contribution >= 0.6 is 0 Å². The Hall–Kier alpha value is -0.493. The number of hydrogen-bond donors (Lipinski definition) is 1. The fourth-order valence-corrected chi connectivity index (χ4v) is 5.53. The molecule has 0 aliphatic carbocycles. The van der Waals surface area contributed by atoms with Crippen LogP contribution in [0.15, 0.2) is 12.2 Å². The summed E-state index contributed by atoms with van der Waals surface area (Å²) >= 11 is 0. The molecule has 1 unspecified atom stereocenters. The summed E-state index contributed by atoms with van der Waals surface area (Å²) in [4.78, 5) is 11.6. The molecule has 0 spiro atoms. The zero-order chi connectivity index (χ0) is 15.8. The second-order valence-electron chi connectivity index (χ2n) is 5.55. The van der Waals surface area contributed by atoms with Crippen LogP contribution < -0.4 is 0 Å². The molecular weight excluding hydrogens is 272 g/mol. The van der Waals surface area contributed by atoms with Gasteiger partial charge in [-0.2, -0.15) is 0 Å². The molecule has 0 aliphatic heterocycles. The molecule has 0 saturated heterocycles. The first kappa shape index (κ1) is 19.5. The van der Waals surface area contributed by atoms with E-state index in [0.29, 0.717) is 12.5 Å². The van der Waals surface area contributed by atoms with Gasteiger partial charge >= 0.3 is 8.56 Å². The summed E-state index contributed by atoms with van der Waals surface area (Å²) in [6, 6.07) is 1.44. The van der Waals surface area contributed by atoms with Gasteiger partial charge in [-0.3, -0.25) is 4.79 Å². The molecule has 0 rings (SSSR count). The molecule has 0 saturated carbocycles. The van der Waals surface area contributed by atoms with E-state index >= 15 is 0 Å². The normalized spacial score (nSPS) is 14.4. The standard InChI is InChI=1S/C15H30O4Si/c1-7-9-14(16)15(17)10-11-20(8-2,18-12(3)4)19-13(5)6/h7,9,12-13,15,17H,8,10-11H2,1-6H3. The van der Waals surface area contributed by atoms with Crippen LogP contribution in [0, 0.1) is 0 Å². The number of carbonyl (C=O) groups excluding carboxylic acids is 1. The van der Waals surface area contributed by atoms with Crippen molar-refractivity contribution in [2.75, 3.05) is 0 Å². The average Bonchev–Trinajstić information content (AvgIpc) is 2.34. The molecule has 20 heavy (non-hydrogen) atoms. The van der Waals surface area contributed by atoms with Gasteiger partial charge < -0.3 is 14.0 Å². The summed E-state index contributed by atoms with van der Waals surface area (Å²) in [5.74, 6) is -0.249. The number of aliphatic hydroxyl groups excluding tert-OH is 1. The highest BCUT2D eigenvalue weighted by Crippen LogP contribution is 2.25. The highest BCUT2D eigenvalue weighted by molar-refractivity contribution is 6.67. The van der Waals surface area contributed by atoms with Crippen LogP contribution in [0.3, 0.4) is 0 Å². The van der Waals surface area contributed by atoms with E-state index < -0.39 is 14.7 Å². The Bertz CT molecular complexity index is 303. The fourth-order valence-electron chi connectivity index (χ4n) is 2.12. The van der Waals surface area contributed by atoms with Gasteiger partial charge in [-0.25, -0.2) is 0 Å². The van der Waals surface area contributed by atoms with E-state index in [0.717, 1.165) is 6.04 Å². The summed E-state index contributed by atoms with van der Waals surface area (Å²) in [6.45, 7) is 11.8. The van der Waals surface area contributed by atoms with E-state index in [2.05, 4.69) is 6.92 Å². The molecule has 0 bridgehead atoms.